The van der Waals surface area contributed by atoms with Crippen LogP contribution in [0.2, 0.25) is 0 Å². The second-order valence-electron chi connectivity index (χ2n) is 15.3. The van der Waals surface area contributed by atoms with E-state index in [9.17, 15) is 4.57 Å². The van der Waals surface area contributed by atoms with Crippen molar-refractivity contribution in [2.24, 2.45) is 0 Å². The third-order valence-corrected chi connectivity index (χ3v) is 13.1. The maximum atomic E-state index is 12.4. The van der Waals surface area contributed by atoms with Crippen molar-refractivity contribution >= 4 is 30.9 Å². The Bertz CT molecular complexity index is 1970. The summed E-state index contributed by atoms with van der Waals surface area (Å²) < 4.78 is 23.3. The lowest BCUT2D eigenvalue weighted by Crippen LogP contribution is -2.17. The second kappa shape index (κ2) is 25.8. The molecule has 2 N–H and O–H groups in total. The number of pyridine rings is 2. The quantitative estimate of drug-likeness (QED) is 0.0375. The number of unbranched alkanes of at least 4 members (excludes halogenated alkanes) is 6. The van der Waals surface area contributed by atoms with Gasteiger partial charge in [0.25, 0.3) is 0 Å². The monoisotopic (exact) mass is 861 g/mol. The minimum Gasteiger partial charge on any atom is -0.311 e. The topological polar surface area (TPSA) is 85.4 Å². The fourth-order valence-corrected chi connectivity index (χ4v) is 9.31. The number of rotatable bonds is 28. The molecule has 10 heteroatoms. The Morgan fingerprint density at radius 3 is 1.38 bits per heavy atom. The standard InChI is InChI=1S/C50H62N4O3PS2/c1-3-5-7-9-15-39-19-23-41(24-20-39)45-29-27-43(53-49(45)47-17-11-35-59-47)37-51-31-13-33-56-58(55)57-34-14-32-52-38-44-28-30-46(50(54-44)48-18-12-36-60-48)42-25-21-40(22-26-42)16-10-8-6-4-2/h11-12,17-30,35-36,51-52H,3-10,13-16,31-34,37-38H2,1-2H3/q+1. The second-order valence-corrected chi connectivity index (χ2v) is 18.2. The molecule has 0 aliphatic carbocycles. The van der Waals surface area contributed by atoms with Crippen LogP contribution >= 0.6 is 30.9 Å². The van der Waals surface area contributed by atoms with Gasteiger partial charge in [-0.15, -0.1) is 31.7 Å². The zero-order valence-electron chi connectivity index (χ0n) is 35.5. The van der Waals surface area contributed by atoms with Gasteiger partial charge >= 0.3 is 8.25 Å². The van der Waals surface area contributed by atoms with Gasteiger partial charge < -0.3 is 10.6 Å². The summed E-state index contributed by atoms with van der Waals surface area (Å²) in [6.45, 7) is 7.97. The molecule has 6 rings (SSSR count). The van der Waals surface area contributed by atoms with Crippen molar-refractivity contribution in [1.82, 2.24) is 20.6 Å². The Morgan fingerprint density at radius 2 is 0.983 bits per heavy atom. The Balaban J connectivity index is 0.870. The van der Waals surface area contributed by atoms with Gasteiger partial charge in [0, 0.05) is 28.8 Å². The van der Waals surface area contributed by atoms with E-state index in [1.54, 1.807) is 22.7 Å². The van der Waals surface area contributed by atoms with E-state index in [0.29, 0.717) is 26.3 Å². The van der Waals surface area contributed by atoms with Crippen LogP contribution < -0.4 is 10.6 Å². The summed E-state index contributed by atoms with van der Waals surface area (Å²) in [6.07, 6.45) is 13.9. The van der Waals surface area contributed by atoms with Crippen LogP contribution in [0, 0.1) is 0 Å². The van der Waals surface area contributed by atoms with Crippen molar-refractivity contribution < 1.29 is 13.6 Å². The first-order chi connectivity index (χ1) is 29.6. The number of aromatic nitrogens is 2. The highest BCUT2D eigenvalue weighted by atomic mass is 32.1. The summed E-state index contributed by atoms with van der Waals surface area (Å²) in [5.74, 6) is 0. The Morgan fingerprint density at radius 1 is 0.533 bits per heavy atom. The van der Waals surface area contributed by atoms with E-state index in [4.69, 9.17) is 19.0 Å². The van der Waals surface area contributed by atoms with Crippen molar-refractivity contribution in [1.29, 1.82) is 0 Å². The van der Waals surface area contributed by atoms with Crippen molar-refractivity contribution in [3.05, 3.63) is 130 Å². The van der Waals surface area contributed by atoms with Crippen molar-refractivity contribution in [2.45, 2.75) is 104 Å². The van der Waals surface area contributed by atoms with E-state index >= 15 is 0 Å². The molecule has 4 aromatic heterocycles. The number of nitrogens with one attached hydrogen (secondary N) is 2. The molecule has 316 valence electrons. The van der Waals surface area contributed by atoms with Gasteiger partial charge in [-0.25, -0.2) is 9.97 Å². The number of nitrogens with zero attached hydrogens (tertiary/aromatic N) is 2. The molecule has 2 aromatic carbocycles. The lowest BCUT2D eigenvalue weighted by Gasteiger charge is -2.12. The molecule has 0 fully saturated rings. The third kappa shape index (κ3) is 14.6. The van der Waals surface area contributed by atoms with Gasteiger partial charge in [-0.3, -0.25) is 0 Å². The molecule has 6 aromatic rings. The minimum atomic E-state index is -2.16. The molecule has 0 aliphatic heterocycles. The first kappa shape index (κ1) is 45.6. The zero-order chi connectivity index (χ0) is 41.6. The van der Waals surface area contributed by atoms with Gasteiger partial charge in [-0.2, -0.15) is 0 Å². The molecular formula is C50H62N4O3PS2+. The van der Waals surface area contributed by atoms with Gasteiger partial charge in [0.05, 0.1) is 32.5 Å². The van der Waals surface area contributed by atoms with Crippen molar-refractivity contribution in [3.8, 4) is 43.4 Å². The molecule has 7 nitrogen and oxygen atoms in total. The zero-order valence-corrected chi connectivity index (χ0v) is 38.0. The molecule has 0 unspecified atom stereocenters. The summed E-state index contributed by atoms with van der Waals surface area (Å²) in [5, 5.41) is 11.1. The SMILES string of the molecule is CCCCCCc1ccc(-c2ccc(CNCCCO[P+](=O)OCCCNCc3ccc(-c4ccc(CCCCCC)cc4)c(-c4cccs4)n3)nc2-c2cccs2)cc1. The smallest absolute Gasteiger partial charge is 0.311 e. The highest BCUT2D eigenvalue weighted by Crippen LogP contribution is 2.35. The Hall–Kier alpha value is -3.92. The predicted octanol–water partition coefficient (Wildman–Crippen LogP) is 13.9. The number of hydrogen-bond donors (Lipinski definition) is 2. The molecule has 0 bridgehead atoms. The van der Waals surface area contributed by atoms with Gasteiger partial charge in [-0.05, 0) is 109 Å². The third-order valence-electron chi connectivity index (χ3n) is 10.6. The lowest BCUT2D eigenvalue weighted by atomic mass is 9.99. The number of thiophene rings is 2. The van der Waals surface area contributed by atoms with Crippen molar-refractivity contribution in [2.75, 3.05) is 26.3 Å². The first-order valence-corrected chi connectivity index (χ1v) is 24.9. The molecule has 0 aliphatic rings. The van der Waals surface area contributed by atoms with E-state index in [0.717, 1.165) is 72.7 Å². The van der Waals surface area contributed by atoms with Crippen LogP contribution in [0.1, 0.15) is 101 Å². The van der Waals surface area contributed by atoms with E-state index < -0.39 is 8.25 Å². The predicted molar refractivity (Wildman–Crippen MR) is 254 cm³/mol. The van der Waals surface area contributed by atoms with Crippen LogP contribution in [0.4, 0.5) is 0 Å². The molecule has 0 saturated heterocycles. The largest absolute Gasteiger partial charge is 0.697 e. The lowest BCUT2D eigenvalue weighted by molar-refractivity contribution is 0.220. The highest BCUT2D eigenvalue weighted by Gasteiger charge is 2.19. The van der Waals surface area contributed by atoms with Crippen LogP contribution in [0.5, 0.6) is 0 Å². The molecule has 0 radical (unpaired) electrons. The fourth-order valence-electron chi connectivity index (χ4n) is 7.22. The minimum absolute atomic E-state index is 0.360. The number of hydrogen-bond acceptors (Lipinski definition) is 9. The van der Waals surface area contributed by atoms with E-state index in [1.807, 2.05) is 0 Å². The average Bonchev–Trinajstić information content (AvgIpc) is 4.03. The van der Waals surface area contributed by atoms with Gasteiger partial charge in [0.2, 0.25) is 0 Å². The normalized spacial score (nSPS) is 11.4. The highest BCUT2D eigenvalue weighted by molar-refractivity contribution is 7.33. The summed E-state index contributed by atoms with van der Waals surface area (Å²) in [6, 6.07) is 35.1. The summed E-state index contributed by atoms with van der Waals surface area (Å²) in [5.41, 5.74) is 11.5. The van der Waals surface area contributed by atoms with E-state index in [1.165, 1.54) is 83.4 Å². The van der Waals surface area contributed by atoms with Crippen LogP contribution in [0.15, 0.2) is 108 Å². The summed E-state index contributed by atoms with van der Waals surface area (Å²) in [7, 11) is -2.16. The Labute approximate surface area is 367 Å². The molecular weight excluding hydrogens is 800 g/mol. The van der Waals surface area contributed by atoms with Crippen LogP contribution in [0.25, 0.3) is 43.4 Å². The summed E-state index contributed by atoms with van der Waals surface area (Å²) >= 11 is 3.43. The van der Waals surface area contributed by atoms with Crippen LogP contribution in [-0.2, 0) is 39.5 Å². The summed E-state index contributed by atoms with van der Waals surface area (Å²) in [4.78, 5) is 12.5. The fraction of sp³-hybridized carbons (Fsp3) is 0.400. The maximum absolute atomic E-state index is 12.4. The molecule has 0 saturated carbocycles. The number of aryl methyl sites for hydroxylation is 2. The van der Waals surface area contributed by atoms with E-state index in [2.05, 4.69) is 132 Å². The van der Waals surface area contributed by atoms with Gasteiger partial charge in [-0.1, -0.05) is 125 Å². The average molecular weight is 862 g/mol. The van der Waals surface area contributed by atoms with Gasteiger partial charge in [0.1, 0.15) is 13.2 Å². The van der Waals surface area contributed by atoms with Crippen molar-refractivity contribution in [3.63, 3.8) is 0 Å². The molecule has 0 amide bonds. The van der Waals surface area contributed by atoms with Crippen LogP contribution in [-0.4, -0.2) is 36.3 Å². The first-order valence-electron chi connectivity index (χ1n) is 22.0. The molecule has 60 heavy (non-hydrogen) atoms. The van der Waals surface area contributed by atoms with Gasteiger partial charge in [0.15, 0.2) is 0 Å². The number of benzene rings is 2. The molecule has 0 atom stereocenters. The molecule has 0 spiro atoms. The maximum Gasteiger partial charge on any atom is 0.697 e. The Kier molecular flexibility index (Phi) is 19.6. The van der Waals surface area contributed by atoms with E-state index in [-0.39, 0.29) is 0 Å². The molecule has 4 heterocycles. The van der Waals surface area contributed by atoms with Crippen LogP contribution in [0.3, 0.4) is 0 Å².